The molecular formula is C29H40. The summed E-state index contributed by atoms with van der Waals surface area (Å²) in [6.45, 7) is 16.3. The Morgan fingerprint density at radius 3 is 1.45 bits per heavy atom. The van der Waals surface area contributed by atoms with Gasteiger partial charge >= 0.3 is 0 Å². The van der Waals surface area contributed by atoms with Crippen molar-refractivity contribution < 1.29 is 0 Å². The quantitative estimate of drug-likeness (QED) is 0.391. The molecule has 1 atom stereocenters. The summed E-state index contributed by atoms with van der Waals surface area (Å²) >= 11 is 0. The second-order valence-corrected chi connectivity index (χ2v) is 6.79. The number of benzene rings is 3. The van der Waals surface area contributed by atoms with Crippen LogP contribution >= 0.6 is 0 Å². The molecule has 0 amide bonds. The van der Waals surface area contributed by atoms with Crippen molar-refractivity contribution in [2.45, 2.75) is 60.3 Å². The lowest BCUT2D eigenvalue weighted by Crippen LogP contribution is -1.87. The lowest BCUT2D eigenvalue weighted by Gasteiger charge is -2.05. The van der Waals surface area contributed by atoms with Gasteiger partial charge in [-0.2, -0.15) is 0 Å². The molecular weight excluding hydrogens is 348 g/mol. The first-order valence-electron chi connectivity index (χ1n) is 10.9. The van der Waals surface area contributed by atoms with E-state index in [0.29, 0.717) is 5.92 Å². The number of hydrogen-bond donors (Lipinski definition) is 0. The average molecular weight is 389 g/mol. The van der Waals surface area contributed by atoms with E-state index in [1.165, 1.54) is 28.7 Å². The Bertz CT molecular complexity index is 687. The lowest BCUT2D eigenvalue weighted by atomic mass is 10.0. The number of allylic oxidation sites excluding steroid dienone is 1. The van der Waals surface area contributed by atoms with E-state index in [1.54, 1.807) is 0 Å². The molecule has 0 aromatic heterocycles. The molecule has 0 saturated heterocycles. The van der Waals surface area contributed by atoms with Crippen LogP contribution in [0.25, 0.3) is 0 Å². The summed E-state index contributed by atoms with van der Waals surface area (Å²) in [4.78, 5) is 0. The molecule has 0 N–H and O–H groups in total. The summed E-state index contributed by atoms with van der Waals surface area (Å²) in [7, 11) is 0. The summed E-state index contributed by atoms with van der Waals surface area (Å²) in [5.74, 6) is 0.468. The first-order chi connectivity index (χ1) is 14.1. The van der Waals surface area contributed by atoms with Crippen LogP contribution in [0.2, 0.25) is 0 Å². The Labute approximate surface area is 180 Å². The zero-order chi connectivity index (χ0) is 21.9. The van der Waals surface area contributed by atoms with Crippen LogP contribution in [0.5, 0.6) is 0 Å². The molecule has 1 unspecified atom stereocenters. The lowest BCUT2D eigenvalue weighted by molar-refractivity contribution is 0.970. The molecule has 0 bridgehead atoms. The monoisotopic (exact) mass is 388 g/mol. The van der Waals surface area contributed by atoms with Crippen LogP contribution in [0.4, 0.5) is 0 Å². The van der Waals surface area contributed by atoms with Crippen molar-refractivity contribution in [1.82, 2.24) is 0 Å². The second-order valence-electron chi connectivity index (χ2n) is 6.79. The van der Waals surface area contributed by atoms with Gasteiger partial charge in [0.05, 0.1) is 0 Å². The number of hydrogen-bond acceptors (Lipinski definition) is 0. The zero-order valence-corrected chi connectivity index (χ0v) is 19.4. The molecule has 156 valence electrons. The van der Waals surface area contributed by atoms with E-state index in [9.17, 15) is 0 Å². The minimum Gasteiger partial charge on any atom is -0.102 e. The molecule has 3 aromatic carbocycles. The fourth-order valence-electron chi connectivity index (χ4n) is 2.43. The van der Waals surface area contributed by atoms with Gasteiger partial charge in [0.15, 0.2) is 0 Å². The van der Waals surface area contributed by atoms with Crippen LogP contribution in [0, 0.1) is 6.92 Å². The molecule has 29 heavy (non-hydrogen) atoms. The highest BCUT2D eigenvalue weighted by Crippen LogP contribution is 2.15. The van der Waals surface area contributed by atoms with Gasteiger partial charge in [-0.3, -0.25) is 0 Å². The van der Waals surface area contributed by atoms with Crippen molar-refractivity contribution in [3.8, 4) is 0 Å². The van der Waals surface area contributed by atoms with Crippen molar-refractivity contribution in [1.29, 1.82) is 0 Å². The SMILES string of the molecule is C=CC(C)c1ccc(C)cc1.CC.CCC.c1ccc(Cc2ccccc2)cc1. The van der Waals surface area contributed by atoms with Crippen LogP contribution in [0.3, 0.4) is 0 Å². The van der Waals surface area contributed by atoms with Crippen LogP contribution in [-0.4, -0.2) is 0 Å². The van der Waals surface area contributed by atoms with Crippen LogP contribution < -0.4 is 0 Å². The van der Waals surface area contributed by atoms with E-state index >= 15 is 0 Å². The fraction of sp³-hybridized carbons (Fsp3) is 0.310. The Hall–Kier alpha value is -2.60. The molecule has 0 nitrogen and oxygen atoms in total. The maximum Gasteiger partial charge on any atom is -0.00131 e. The normalized spacial score (nSPS) is 10.0. The van der Waals surface area contributed by atoms with E-state index in [2.05, 4.69) is 119 Å². The van der Waals surface area contributed by atoms with E-state index in [1.807, 2.05) is 19.9 Å². The van der Waals surface area contributed by atoms with Crippen LogP contribution in [0.15, 0.2) is 97.6 Å². The Morgan fingerprint density at radius 2 is 1.10 bits per heavy atom. The third kappa shape index (κ3) is 12.5. The maximum absolute atomic E-state index is 3.76. The largest absolute Gasteiger partial charge is 0.102 e. The van der Waals surface area contributed by atoms with Gasteiger partial charge in [-0.05, 0) is 36.0 Å². The van der Waals surface area contributed by atoms with Gasteiger partial charge in [0.2, 0.25) is 0 Å². The first-order valence-corrected chi connectivity index (χ1v) is 10.9. The molecule has 0 heteroatoms. The van der Waals surface area contributed by atoms with Gasteiger partial charge in [0, 0.05) is 0 Å². The van der Waals surface area contributed by atoms with Gasteiger partial charge in [0.1, 0.15) is 0 Å². The molecule has 3 aromatic rings. The van der Waals surface area contributed by atoms with Gasteiger partial charge in [-0.1, -0.05) is 138 Å². The molecule has 0 fully saturated rings. The van der Waals surface area contributed by atoms with Crippen molar-refractivity contribution >= 4 is 0 Å². The van der Waals surface area contributed by atoms with Gasteiger partial charge < -0.3 is 0 Å². The number of aryl methyl sites for hydroxylation is 1. The minimum absolute atomic E-state index is 0.468. The van der Waals surface area contributed by atoms with Crippen molar-refractivity contribution in [3.05, 3.63) is 120 Å². The Morgan fingerprint density at radius 1 is 0.724 bits per heavy atom. The number of rotatable bonds is 4. The molecule has 0 saturated carbocycles. The van der Waals surface area contributed by atoms with Gasteiger partial charge in [-0.25, -0.2) is 0 Å². The Kier molecular flexibility index (Phi) is 15.9. The zero-order valence-electron chi connectivity index (χ0n) is 19.4. The molecule has 0 radical (unpaired) electrons. The third-order valence-corrected chi connectivity index (χ3v) is 4.05. The minimum atomic E-state index is 0.468. The summed E-state index contributed by atoms with van der Waals surface area (Å²) in [5, 5.41) is 0. The molecule has 0 aliphatic carbocycles. The molecule has 0 heterocycles. The van der Waals surface area contributed by atoms with Crippen LogP contribution in [-0.2, 0) is 6.42 Å². The third-order valence-electron chi connectivity index (χ3n) is 4.05. The van der Waals surface area contributed by atoms with E-state index in [-0.39, 0.29) is 0 Å². The highest BCUT2D eigenvalue weighted by atomic mass is 14.0. The fourth-order valence-corrected chi connectivity index (χ4v) is 2.43. The highest BCUT2D eigenvalue weighted by Gasteiger charge is 1.97. The van der Waals surface area contributed by atoms with E-state index in [0.717, 1.165) is 6.42 Å². The molecule has 0 spiro atoms. The topological polar surface area (TPSA) is 0 Å². The highest BCUT2D eigenvalue weighted by molar-refractivity contribution is 5.26. The van der Waals surface area contributed by atoms with Gasteiger partial charge in [-0.15, -0.1) is 6.58 Å². The van der Waals surface area contributed by atoms with Crippen LogP contribution in [0.1, 0.15) is 69.2 Å². The Balaban J connectivity index is 0.000000448. The predicted octanol–water partition coefficient (Wildman–Crippen LogP) is 9.00. The average Bonchev–Trinajstić information content (AvgIpc) is 2.78. The maximum atomic E-state index is 3.76. The standard InChI is InChI=1S/C13H12.C11H14.C3H8.C2H6/c1-3-7-12(8-4-1)11-13-9-5-2-6-10-13;1-4-10(3)11-7-5-9(2)6-8-11;1-3-2;1-2/h1-10H,11H2;4-8,10H,1H2,2-3H3;3H2,1-2H3;1-2H3. The predicted molar refractivity (Wildman–Crippen MR) is 133 cm³/mol. The molecule has 0 aliphatic heterocycles. The summed E-state index contributed by atoms with van der Waals surface area (Å²) < 4.78 is 0. The van der Waals surface area contributed by atoms with E-state index in [4.69, 9.17) is 0 Å². The van der Waals surface area contributed by atoms with Crippen molar-refractivity contribution in [2.75, 3.05) is 0 Å². The molecule has 0 aliphatic rings. The van der Waals surface area contributed by atoms with E-state index < -0.39 is 0 Å². The molecule has 3 rings (SSSR count). The second kappa shape index (κ2) is 17.5. The first kappa shape index (κ1) is 26.4. The summed E-state index contributed by atoms with van der Waals surface area (Å²) in [5.41, 5.74) is 5.39. The van der Waals surface area contributed by atoms with Gasteiger partial charge in [0.25, 0.3) is 0 Å². The summed E-state index contributed by atoms with van der Waals surface area (Å²) in [6.07, 6.45) is 4.24. The van der Waals surface area contributed by atoms with Crippen molar-refractivity contribution in [2.24, 2.45) is 0 Å². The van der Waals surface area contributed by atoms with Crippen molar-refractivity contribution in [3.63, 3.8) is 0 Å². The smallest absolute Gasteiger partial charge is 0.00131 e. The summed E-state index contributed by atoms with van der Waals surface area (Å²) in [6, 6.07) is 29.6.